The van der Waals surface area contributed by atoms with E-state index < -0.39 is 0 Å². The Morgan fingerprint density at radius 3 is 2.58 bits per heavy atom. The van der Waals surface area contributed by atoms with Gasteiger partial charge in [-0.25, -0.2) is 0 Å². The molecule has 1 saturated heterocycles. The van der Waals surface area contributed by atoms with Gasteiger partial charge in [0.2, 0.25) is 5.91 Å². The Kier molecular flexibility index (Phi) is 8.07. The summed E-state index contributed by atoms with van der Waals surface area (Å²) in [5.74, 6) is 1.74. The molecule has 19 heavy (non-hydrogen) atoms. The lowest BCUT2D eigenvalue weighted by Crippen LogP contribution is -2.39. The summed E-state index contributed by atoms with van der Waals surface area (Å²) in [6.45, 7) is 12.7. The zero-order valence-corrected chi connectivity index (χ0v) is 12.9. The van der Waals surface area contributed by atoms with E-state index in [1.54, 1.807) is 0 Å². The van der Waals surface area contributed by atoms with Gasteiger partial charge in [0.25, 0.3) is 0 Å². The molecule has 1 heterocycles. The summed E-state index contributed by atoms with van der Waals surface area (Å²) in [4.78, 5) is 13.8. The Bertz CT molecular complexity index is 248. The van der Waals surface area contributed by atoms with Gasteiger partial charge in [-0.15, -0.1) is 0 Å². The van der Waals surface area contributed by atoms with Gasteiger partial charge in [-0.05, 0) is 57.8 Å². The van der Waals surface area contributed by atoms with Crippen LogP contribution in [0.15, 0.2) is 0 Å². The molecule has 0 saturated carbocycles. The second-order valence-corrected chi connectivity index (χ2v) is 6.04. The third kappa shape index (κ3) is 7.53. The van der Waals surface area contributed by atoms with Crippen LogP contribution in [0.2, 0.25) is 0 Å². The second kappa shape index (κ2) is 9.32. The first-order valence-corrected chi connectivity index (χ1v) is 7.81. The molecule has 1 fully saturated rings. The maximum absolute atomic E-state index is 11.4. The molecule has 0 bridgehead atoms. The van der Waals surface area contributed by atoms with Crippen molar-refractivity contribution in [2.75, 3.05) is 39.3 Å². The molecule has 0 atom stereocenters. The highest BCUT2D eigenvalue weighted by Gasteiger charge is 2.19. The van der Waals surface area contributed by atoms with Crippen molar-refractivity contribution in [3.8, 4) is 0 Å². The van der Waals surface area contributed by atoms with Gasteiger partial charge in [-0.3, -0.25) is 4.79 Å². The molecule has 0 spiro atoms. The standard InChI is InChI=1S/C15H31N3O/c1-4-17-15(19)7-10-18-8-5-14(6-9-18)12-16-11-13(2)3/h13-14,16H,4-12H2,1-3H3,(H,17,19). The summed E-state index contributed by atoms with van der Waals surface area (Å²) in [6, 6.07) is 0. The van der Waals surface area contributed by atoms with E-state index in [4.69, 9.17) is 0 Å². The molecular weight excluding hydrogens is 238 g/mol. The first kappa shape index (κ1) is 16.4. The van der Waals surface area contributed by atoms with Crippen molar-refractivity contribution in [1.29, 1.82) is 0 Å². The molecule has 0 aliphatic carbocycles. The van der Waals surface area contributed by atoms with Crippen LogP contribution in [-0.4, -0.2) is 50.1 Å². The number of carbonyl (C=O) groups is 1. The molecule has 4 nitrogen and oxygen atoms in total. The topological polar surface area (TPSA) is 44.4 Å². The number of hydrogen-bond donors (Lipinski definition) is 2. The Balaban J connectivity index is 2.06. The fourth-order valence-electron chi connectivity index (χ4n) is 2.54. The number of nitrogens with zero attached hydrogens (tertiary/aromatic N) is 1. The third-order valence-corrected chi connectivity index (χ3v) is 3.72. The van der Waals surface area contributed by atoms with Crippen molar-refractivity contribution in [2.24, 2.45) is 11.8 Å². The minimum absolute atomic E-state index is 0.184. The minimum atomic E-state index is 0.184. The van der Waals surface area contributed by atoms with Crippen LogP contribution in [0.4, 0.5) is 0 Å². The van der Waals surface area contributed by atoms with Crippen LogP contribution in [0, 0.1) is 11.8 Å². The SMILES string of the molecule is CCNC(=O)CCN1CCC(CNCC(C)C)CC1. The maximum atomic E-state index is 11.4. The molecular formula is C15H31N3O. The van der Waals surface area contributed by atoms with Gasteiger partial charge in [-0.2, -0.15) is 0 Å². The molecule has 4 heteroatoms. The first-order chi connectivity index (χ1) is 9.11. The van der Waals surface area contributed by atoms with Crippen LogP contribution < -0.4 is 10.6 Å². The Morgan fingerprint density at radius 1 is 1.32 bits per heavy atom. The summed E-state index contributed by atoms with van der Waals surface area (Å²) in [5, 5.41) is 6.41. The monoisotopic (exact) mass is 269 g/mol. The van der Waals surface area contributed by atoms with Crippen molar-refractivity contribution >= 4 is 5.91 Å². The second-order valence-electron chi connectivity index (χ2n) is 6.04. The Morgan fingerprint density at radius 2 is 2.00 bits per heavy atom. The van der Waals surface area contributed by atoms with E-state index in [1.165, 1.54) is 12.8 Å². The largest absolute Gasteiger partial charge is 0.356 e. The van der Waals surface area contributed by atoms with Gasteiger partial charge in [0.15, 0.2) is 0 Å². The third-order valence-electron chi connectivity index (χ3n) is 3.72. The number of carbonyl (C=O) groups excluding carboxylic acids is 1. The summed E-state index contributed by atoms with van der Waals surface area (Å²) in [6.07, 6.45) is 3.17. The van der Waals surface area contributed by atoms with Gasteiger partial charge in [0.1, 0.15) is 0 Å². The van der Waals surface area contributed by atoms with E-state index in [0.29, 0.717) is 6.42 Å². The number of likely N-dealkylation sites (tertiary alicyclic amines) is 1. The van der Waals surface area contributed by atoms with E-state index in [2.05, 4.69) is 29.4 Å². The van der Waals surface area contributed by atoms with Gasteiger partial charge >= 0.3 is 0 Å². The predicted molar refractivity (Wildman–Crippen MR) is 80.2 cm³/mol. The highest BCUT2D eigenvalue weighted by molar-refractivity contribution is 5.75. The average molecular weight is 269 g/mol. The molecule has 1 aliphatic rings. The van der Waals surface area contributed by atoms with Crippen LogP contribution in [0.5, 0.6) is 0 Å². The van der Waals surface area contributed by atoms with Crippen LogP contribution in [0.3, 0.4) is 0 Å². The lowest BCUT2D eigenvalue weighted by atomic mass is 9.96. The summed E-state index contributed by atoms with van der Waals surface area (Å²) < 4.78 is 0. The number of rotatable bonds is 8. The molecule has 2 N–H and O–H groups in total. The lowest BCUT2D eigenvalue weighted by molar-refractivity contribution is -0.121. The molecule has 0 aromatic carbocycles. The van der Waals surface area contributed by atoms with Gasteiger partial charge in [-0.1, -0.05) is 13.8 Å². The molecule has 0 aromatic heterocycles. The van der Waals surface area contributed by atoms with Crippen LogP contribution in [-0.2, 0) is 4.79 Å². The van der Waals surface area contributed by atoms with Gasteiger partial charge in [0, 0.05) is 19.5 Å². The average Bonchev–Trinajstić information content (AvgIpc) is 2.38. The number of hydrogen-bond acceptors (Lipinski definition) is 3. The lowest BCUT2D eigenvalue weighted by Gasteiger charge is -2.32. The zero-order valence-electron chi connectivity index (χ0n) is 12.9. The summed E-state index contributed by atoms with van der Waals surface area (Å²) >= 11 is 0. The van der Waals surface area contributed by atoms with Crippen LogP contribution >= 0.6 is 0 Å². The van der Waals surface area contributed by atoms with Gasteiger partial charge < -0.3 is 15.5 Å². The highest BCUT2D eigenvalue weighted by Crippen LogP contribution is 2.16. The maximum Gasteiger partial charge on any atom is 0.221 e. The van der Waals surface area contributed by atoms with Crippen molar-refractivity contribution in [3.05, 3.63) is 0 Å². The van der Waals surface area contributed by atoms with Crippen LogP contribution in [0.1, 0.15) is 40.0 Å². The van der Waals surface area contributed by atoms with E-state index in [-0.39, 0.29) is 5.91 Å². The molecule has 0 radical (unpaired) electrons. The fourth-order valence-corrected chi connectivity index (χ4v) is 2.54. The molecule has 112 valence electrons. The predicted octanol–water partition coefficient (Wildman–Crippen LogP) is 1.47. The first-order valence-electron chi connectivity index (χ1n) is 7.81. The van der Waals surface area contributed by atoms with E-state index in [9.17, 15) is 4.79 Å². The van der Waals surface area contributed by atoms with Crippen molar-refractivity contribution in [3.63, 3.8) is 0 Å². The van der Waals surface area contributed by atoms with Crippen molar-refractivity contribution in [2.45, 2.75) is 40.0 Å². The smallest absolute Gasteiger partial charge is 0.221 e. The molecule has 1 amide bonds. The summed E-state index contributed by atoms with van der Waals surface area (Å²) in [7, 11) is 0. The normalized spacial score (nSPS) is 17.9. The number of piperidine rings is 1. The molecule has 1 aliphatic heterocycles. The molecule has 0 aromatic rings. The minimum Gasteiger partial charge on any atom is -0.356 e. The quantitative estimate of drug-likeness (QED) is 0.701. The zero-order chi connectivity index (χ0) is 14.1. The number of nitrogens with one attached hydrogen (secondary N) is 2. The van der Waals surface area contributed by atoms with Crippen molar-refractivity contribution < 1.29 is 4.79 Å². The Labute approximate surface area is 118 Å². The summed E-state index contributed by atoms with van der Waals surface area (Å²) in [5.41, 5.74) is 0. The molecule has 1 rings (SSSR count). The van der Waals surface area contributed by atoms with E-state index in [1.807, 2.05) is 6.92 Å². The Hall–Kier alpha value is -0.610. The highest BCUT2D eigenvalue weighted by atomic mass is 16.1. The van der Waals surface area contributed by atoms with E-state index >= 15 is 0 Å². The molecule has 0 unspecified atom stereocenters. The van der Waals surface area contributed by atoms with Crippen molar-refractivity contribution in [1.82, 2.24) is 15.5 Å². The van der Waals surface area contributed by atoms with E-state index in [0.717, 1.165) is 51.1 Å². The van der Waals surface area contributed by atoms with Gasteiger partial charge in [0.05, 0.1) is 0 Å². The fraction of sp³-hybridized carbons (Fsp3) is 0.933. The number of amides is 1. The van der Waals surface area contributed by atoms with Crippen LogP contribution in [0.25, 0.3) is 0 Å².